The first-order chi connectivity index (χ1) is 16.3. The number of hydrogen-bond acceptors (Lipinski definition) is 6. The van der Waals surface area contributed by atoms with Gasteiger partial charge in [-0.1, -0.05) is 18.0 Å². The fraction of sp³-hybridized carbons (Fsp3) is 0.320. The van der Waals surface area contributed by atoms with Gasteiger partial charge in [-0.2, -0.15) is 0 Å². The van der Waals surface area contributed by atoms with Crippen LogP contribution in [0, 0.1) is 0 Å². The highest BCUT2D eigenvalue weighted by molar-refractivity contribution is 6.30. The van der Waals surface area contributed by atoms with Crippen LogP contribution in [0.25, 0.3) is 0 Å². The number of amides is 1. The second-order valence-corrected chi connectivity index (χ2v) is 8.25. The summed E-state index contributed by atoms with van der Waals surface area (Å²) in [5.74, 6) is -1.78. The molecule has 0 aromatic heterocycles. The minimum absolute atomic E-state index is 0.0326. The molecule has 0 bridgehead atoms. The van der Waals surface area contributed by atoms with Gasteiger partial charge < -0.3 is 24.6 Å². The number of hydrogen-bond donors (Lipinski definition) is 2. The van der Waals surface area contributed by atoms with Crippen molar-refractivity contribution in [3.05, 3.63) is 69.9 Å². The van der Waals surface area contributed by atoms with Gasteiger partial charge in [-0.3, -0.25) is 14.4 Å². The standard InChI is InChI=1S/C25H26ClNO7/c1-33-17-11-12-19(34-2)18(14-17)22-21(23(30)15-7-9-16(26)10-8-15)24(31)25(32)27(22)13-5-3-4-6-20(28)29/h7-12,14,22,31H,3-6,13H2,1-2H3,(H,28,29). The number of aliphatic hydroxyl groups is 1. The van der Waals surface area contributed by atoms with Crippen LogP contribution in [0.4, 0.5) is 0 Å². The zero-order valence-corrected chi connectivity index (χ0v) is 19.7. The normalized spacial score (nSPS) is 15.6. The van der Waals surface area contributed by atoms with E-state index in [4.69, 9.17) is 26.2 Å². The van der Waals surface area contributed by atoms with Crippen LogP contribution in [-0.4, -0.2) is 53.5 Å². The Morgan fingerprint density at radius 3 is 2.35 bits per heavy atom. The minimum atomic E-state index is -0.916. The molecule has 8 nitrogen and oxygen atoms in total. The second-order valence-electron chi connectivity index (χ2n) is 7.81. The molecule has 0 spiro atoms. The number of carboxylic acids is 1. The fourth-order valence-corrected chi connectivity index (χ4v) is 4.11. The van der Waals surface area contributed by atoms with Crippen LogP contribution in [0.1, 0.15) is 47.6 Å². The predicted octanol–water partition coefficient (Wildman–Crippen LogP) is 4.58. The molecule has 2 aromatic rings. The molecule has 34 heavy (non-hydrogen) atoms. The summed E-state index contributed by atoms with van der Waals surface area (Å²) >= 11 is 5.95. The van der Waals surface area contributed by atoms with Crippen molar-refractivity contribution in [2.45, 2.75) is 31.7 Å². The Morgan fingerprint density at radius 1 is 1.03 bits per heavy atom. The number of Topliss-reactive ketones (excluding diaryl/α,β-unsaturated/α-hetero) is 1. The van der Waals surface area contributed by atoms with Gasteiger partial charge in [-0.25, -0.2) is 0 Å². The summed E-state index contributed by atoms with van der Waals surface area (Å²) < 4.78 is 10.8. The lowest BCUT2D eigenvalue weighted by atomic mass is 9.92. The van der Waals surface area contributed by atoms with Crippen molar-refractivity contribution in [1.29, 1.82) is 0 Å². The Morgan fingerprint density at radius 2 is 1.74 bits per heavy atom. The van der Waals surface area contributed by atoms with E-state index in [1.165, 1.54) is 31.3 Å². The van der Waals surface area contributed by atoms with Crippen molar-refractivity contribution in [1.82, 2.24) is 4.90 Å². The Kier molecular flexibility index (Phi) is 8.17. The van der Waals surface area contributed by atoms with Gasteiger partial charge in [0.25, 0.3) is 5.91 Å². The SMILES string of the molecule is COc1ccc(OC)c(C2C(C(=O)c3ccc(Cl)cc3)=C(O)C(=O)N2CCCCCC(=O)O)c1. The van der Waals surface area contributed by atoms with Crippen LogP contribution in [0.5, 0.6) is 11.5 Å². The number of methoxy groups -OCH3 is 2. The number of nitrogens with zero attached hydrogens (tertiary/aromatic N) is 1. The van der Waals surface area contributed by atoms with Crippen molar-refractivity contribution in [3.8, 4) is 11.5 Å². The quantitative estimate of drug-likeness (QED) is 0.352. The molecule has 2 N–H and O–H groups in total. The zero-order valence-electron chi connectivity index (χ0n) is 18.9. The molecule has 1 heterocycles. The Balaban J connectivity index is 2.02. The lowest BCUT2D eigenvalue weighted by Crippen LogP contribution is -2.32. The van der Waals surface area contributed by atoms with E-state index in [9.17, 15) is 19.5 Å². The van der Waals surface area contributed by atoms with E-state index in [2.05, 4.69) is 0 Å². The van der Waals surface area contributed by atoms with Crippen molar-refractivity contribution in [2.24, 2.45) is 0 Å². The van der Waals surface area contributed by atoms with Gasteiger partial charge in [0.15, 0.2) is 11.5 Å². The second kappa shape index (κ2) is 11.1. The maximum absolute atomic E-state index is 13.5. The lowest BCUT2D eigenvalue weighted by molar-refractivity contribution is -0.137. The van der Waals surface area contributed by atoms with E-state index in [1.54, 1.807) is 30.3 Å². The first-order valence-corrected chi connectivity index (χ1v) is 11.1. The van der Waals surface area contributed by atoms with Crippen LogP contribution >= 0.6 is 11.6 Å². The average molecular weight is 488 g/mol. The molecule has 3 rings (SSSR count). The van der Waals surface area contributed by atoms with E-state index >= 15 is 0 Å². The number of carboxylic acid groups (broad SMARTS) is 1. The van der Waals surface area contributed by atoms with Crippen LogP contribution in [0.15, 0.2) is 53.8 Å². The van der Waals surface area contributed by atoms with Crippen LogP contribution in [-0.2, 0) is 9.59 Å². The maximum Gasteiger partial charge on any atom is 0.303 e. The highest BCUT2D eigenvalue weighted by atomic mass is 35.5. The number of ketones is 1. The third kappa shape index (κ3) is 5.34. The van der Waals surface area contributed by atoms with Gasteiger partial charge in [0.1, 0.15) is 11.5 Å². The van der Waals surface area contributed by atoms with Gasteiger partial charge in [0.05, 0.1) is 25.8 Å². The summed E-state index contributed by atoms with van der Waals surface area (Å²) in [6.45, 7) is 0.213. The van der Waals surface area contributed by atoms with E-state index in [1.807, 2.05) is 0 Å². The summed E-state index contributed by atoms with van der Waals surface area (Å²) in [7, 11) is 2.97. The highest BCUT2D eigenvalue weighted by Gasteiger charge is 2.44. The molecule has 1 amide bonds. The molecule has 1 unspecified atom stereocenters. The van der Waals surface area contributed by atoms with Crippen LogP contribution in [0.2, 0.25) is 5.02 Å². The number of carbonyl (C=O) groups excluding carboxylic acids is 2. The predicted molar refractivity (Wildman–Crippen MR) is 126 cm³/mol. The summed E-state index contributed by atoms with van der Waals surface area (Å²) in [5.41, 5.74) is 0.695. The Hall–Kier alpha value is -3.52. The number of ether oxygens (including phenoxy) is 2. The number of rotatable bonds is 11. The van der Waals surface area contributed by atoms with E-state index in [-0.39, 0.29) is 24.1 Å². The number of unbranched alkanes of at least 4 members (excludes halogenated alkanes) is 2. The van der Waals surface area contributed by atoms with Crippen molar-refractivity contribution in [3.63, 3.8) is 0 Å². The molecular weight excluding hydrogens is 462 g/mol. The summed E-state index contributed by atoms with van der Waals surface area (Å²) in [5, 5.41) is 20.1. The molecule has 2 aromatic carbocycles. The summed E-state index contributed by atoms with van der Waals surface area (Å²) in [6, 6.07) is 10.3. The monoisotopic (exact) mass is 487 g/mol. The Bertz CT molecular complexity index is 1110. The third-order valence-electron chi connectivity index (χ3n) is 5.68. The molecule has 0 radical (unpaired) electrons. The first kappa shape index (κ1) is 25.1. The van der Waals surface area contributed by atoms with Gasteiger partial charge in [-0.15, -0.1) is 0 Å². The van der Waals surface area contributed by atoms with E-state index < -0.39 is 29.5 Å². The lowest BCUT2D eigenvalue weighted by Gasteiger charge is -2.28. The number of halogens is 1. The molecule has 1 atom stereocenters. The number of carbonyl (C=O) groups is 3. The first-order valence-electron chi connectivity index (χ1n) is 10.8. The molecular formula is C25H26ClNO7. The van der Waals surface area contributed by atoms with Gasteiger partial charge in [-0.05, 0) is 55.3 Å². The molecule has 1 aliphatic heterocycles. The third-order valence-corrected chi connectivity index (χ3v) is 5.93. The highest BCUT2D eigenvalue weighted by Crippen LogP contribution is 2.43. The average Bonchev–Trinajstić information content (AvgIpc) is 3.08. The van der Waals surface area contributed by atoms with Crippen molar-refractivity contribution >= 4 is 29.3 Å². The molecule has 0 fully saturated rings. The molecule has 9 heteroatoms. The molecule has 0 aliphatic carbocycles. The largest absolute Gasteiger partial charge is 0.503 e. The molecule has 1 aliphatic rings. The minimum Gasteiger partial charge on any atom is -0.503 e. The van der Waals surface area contributed by atoms with E-state index in [0.29, 0.717) is 41.3 Å². The van der Waals surface area contributed by atoms with Gasteiger partial charge >= 0.3 is 5.97 Å². The molecule has 0 saturated heterocycles. The van der Waals surface area contributed by atoms with Crippen LogP contribution < -0.4 is 9.47 Å². The molecule has 180 valence electrons. The van der Waals surface area contributed by atoms with Crippen molar-refractivity contribution in [2.75, 3.05) is 20.8 Å². The number of benzene rings is 2. The smallest absolute Gasteiger partial charge is 0.303 e. The van der Waals surface area contributed by atoms with Gasteiger partial charge in [0, 0.05) is 29.1 Å². The van der Waals surface area contributed by atoms with E-state index in [0.717, 1.165) is 0 Å². The van der Waals surface area contributed by atoms with Crippen LogP contribution in [0.3, 0.4) is 0 Å². The number of aliphatic carboxylic acids is 1. The number of aliphatic hydroxyl groups excluding tert-OH is 1. The maximum atomic E-state index is 13.5. The summed E-state index contributed by atoms with van der Waals surface area (Å²) in [6.07, 6.45) is 1.56. The molecule has 0 saturated carbocycles. The zero-order chi connectivity index (χ0) is 24.8. The van der Waals surface area contributed by atoms with Gasteiger partial charge in [0.2, 0.25) is 0 Å². The topological polar surface area (TPSA) is 113 Å². The Labute approximate surface area is 202 Å². The fourth-order valence-electron chi connectivity index (χ4n) is 3.98. The van der Waals surface area contributed by atoms with Crippen molar-refractivity contribution < 1.29 is 34.1 Å². The summed E-state index contributed by atoms with van der Waals surface area (Å²) in [4.78, 5) is 38.8.